The maximum Gasteiger partial charge on any atom is 0.227 e. The number of nitrogens with zero attached hydrogens (tertiary/aromatic N) is 2. The number of H-pyrrole nitrogens is 1. The number of carbonyl (C=O) groups excluding carboxylic acids is 1. The monoisotopic (exact) mass is 333 g/mol. The SMILES string of the molecule is Cc1cccc(CC(=O)N2CCC[C@H](c3nc4ccccc4[nH]3)C2)c1. The summed E-state index contributed by atoms with van der Waals surface area (Å²) in [7, 11) is 0. The first-order valence-electron chi connectivity index (χ1n) is 8.97. The molecule has 4 rings (SSSR count). The second-order valence-electron chi connectivity index (χ2n) is 6.98. The lowest BCUT2D eigenvalue weighted by molar-refractivity contribution is -0.131. The van der Waals surface area contributed by atoms with E-state index in [0.29, 0.717) is 12.3 Å². The van der Waals surface area contributed by atoms with Gasteiger partial charge >= 0.3 is 0 Å². The number of piperidine rings is 1. The zero-order valence-corrected chi connectivity index (χ0v) is 14.5. The van der Waals surface area contributed by atoms with Crippen LogP contribution in [0.2, 0.25) is 0 Å². The molecule has 2 heterocycles. The van der Waals surface area contributed by atoms with E-state index in [1.807, 2.05) is 35.2 Å². The van der Waals surface area contributed by atoms with Gasteiger partial charge in [-0.3, -0.25) is 4.79 Å². The Hall–Kier alpha value is -2.62. The molecule has 1 aromatic heterocycles. The molecule has 128 valence electrons. The van der Waals surface area contributed by atoms with Crippen LogP contribution in [0.1, 0.15) is 35.7 Å². The van der Waals surface area contributed by atoms with Crippen molar-refractivity contribution in [2.75, 3.05) is 13.1 Å². The Balaban J connectivity index is 1.47. The molecule has 1 aliphatic rings. The number of aromatic amines is 1. The Morgan fingerprint density at radius 2 is 2.12 bits per heavy atom. The van der Waals surface area contributed by atoms with Gasteiger partial charge in [0.05, 0.1) is 17.5 Å². The minimum absolute atomic E-state index is 0.214. The van der Waals surface area contributed by atoms with Gasteiger partial charge in [-0.2, -0.15) is 0 Å². The summed E-state index contributed by atoms with van der Waals surface area (Å²) in [5, 5.41) is 0. The first-order valence-corrected chi connectivity index (χ1v) is 8.97. The van der Waals surface area contributed by atoms with Gasteiger partial charge in [0.2, 0.25) is 5.91 Å². The van der Waals surface area contributed by atoms with Crippen LogP contribution in [0.25, 0.3) is 11.0 Å². The quantitative estimate of drug-likeness (QED) is 0.792. The molecule has 1 aliphatic heterocycles. The molecule has 1 fully saturated rings. The van der Waals surface area contributed by atoms with Gasteiger partial charge in [-0.25, -0.2) is 4.98 Å². The molecule has 1 amide bonds. The highest BCUT2D eigenvalue weighted by atomic mass is 16.2. The van der Waals surface area contributed by atoms with E-state index < -0.39 is 0 Å². The number of hydrogen-bond donors (Lipinski definition) is 1. The zero-order chi connectivity index (χ0) is 17.2. The lowest BCUT2D eigenvalue weighted by Crippen LogP contribution is -2.40. The van der Waals surface area contributed by atoms with Crippen molar-refractivity contribution in [3.8, 4) is 0 Å². The molecule has 0 bridgehead atoms. The van der Waals surface area contributed by atoms with Crippen LogP contribution in [0, 0.1) is 6.92 Å². The fraction of sp³-hybridized carbons (Fsp3) is 0.333. The smallest absolute Gasteiger partial charge is 0.227 e. The standard InChI is InChI=1S/C21H23N3O/c1-15-6-4-7-16(12-15)13-20(25)24-11-5-8-17(14-24)21-22-18-9-2-3-10-19(18)23-21/h2-4,6-7,9-10,12,17H,5,8,11,13-14H2,1H3,(H,22,23)/t17-/m0/s1. The summed E-state index contributed by atoms with van der Waals surface area (Å²) in [5.41, 5.74) is 4.36. The van der Waals surface area contributed by atoms with Gasteiger partial charge in [-0.15, -0.1) is 0 Å². The molecule has 1 N–H and O–H groups in total. The number of nitrogens with one attached hydrogen (secondary N) is 1. The van der Waals surface area contributed by atoms with Crippen molar-refractivity contribution in [2.24, 2.45) is 0 Å². The van der Waals surface area contributed by atoms with E-state index in [1.165, 1.54) is 5.56 Å². The Bertz CT molecular complexity index is 866. The highest BCUT2D eigenvalue weighted by molar-refractivity contribution is 5.79. The van der Waals surface area contributed by atoms with E-state index >= 15 is 0 Å². The third-order valence-corrected chi connectivity index (χ3v) is 5.01. The Morgan fingerprint density at radius 1 is 1.24 bits per heavy atom. The zero-order valence-electron chi connectivity index (χ0n) is 14.5. The number of hydrogen-bond acceptors (Lipinski definition) is 2. The normalized spacial score (nSPS) is 17.8. The predicted molar refractivity (Wildman–Crippen MR) is 99.5 cm³/mol. The van der Waals surface area contributed by atoms with Gasteiger partial charge < -0.3 is 9.88 Å². The number of imidazole rings is 1. The van der Waals surface area contributed by atoms with Crippen LogP contribution in [0.15, 0.2) is 48.5 Å². The molecule has 3 aromatic rings. The second-order valence-corrected chi connectivity index (χ2v) is 6.98. The fourth-order valence-electron chi connectivity index (χ4n) is 3.70. The molecule has 0 spiro atoms. The van der Waals surface area contributed by atoms with Crippen molar-refractivity contribution in [1.29, 1.82) is 0 Å². The van der Waals surface area contributed by atoms with Crippen molar-refractivity contribution >= 4 is 16.9 Å². The van der Waals surface area contributed by atoms with E-state index in [1.54, 1.807) is 0 Å². The Morgan fingerprint density at radius 3 is 2.96 bits per heavy atom. The van der Waals surface area contributed by atoms with Crippen LogP contribution in [-0.2, 0) is 11.2 Å². The van der Waals surface area contributed by atoms with Crippen molar-refractivity contribution in [3.05, 3.63) is 65.5 Å². The maximum absolute atomic E-state index is 12.7. The van der Waals surface area contributed by atoms with Crippen molar-refractivity contribution in [3.63, 3.8) is 0 Å². The number of likely N-dealkylation sites (tertiary alicyclic amines) is 1. The van der Waals surface area contributed by atoms with Gasteiger partial charge in [0.25, 0.3) is 0 Å². The molecule has 4 heteroatoms. The lowest BCUT2D eigenvalue weighted by Gasteiger charge is -2.32. The molecule has 1 atom stereocenters. The molecule has 0 aliphatic carbocycles. The van der Waals surface area contributed by atoms with Crippen molar-refractivity contribution in [2.45, 2.75) is 32.1 Å². The molecule has 0 saturated carbocycles. The maximum atomic E-state index is 12.7. The average Bonchev–Trinajstić information content (AvgIpc) is 3.06. The van der Waals surface area contributed by atoms with Gasteiger partial charge in [0, 0.05) is 19.0 Å². The lowest BCUT2D eigenvalue weighted by atomic mass is 9.96. The largest absolute Gasteiger partial charge is 0.342 e. The fourth-order valence-corrected chi connectivity index (χ4v) is 3.70. The summed E-state index contributed by atoms with van der Waals surface area (Å²) in [5.74, 6) is 1.52. The van der Waals surface area contributed by atoms with Gasteiger partial charge in [-0.1, -0.05) is 42.0 Å². The molecule has 2 aromatic carbocycles. The molecule has 0 radical (unpaired) electrons. The first-order chi connectivity index (χ1) is 12.2. The number of carbonyl (C=O) groups is 1. The number of rotatable bonds is 3. The minimum atomic E-state index is 0.214. The number of amides is 1. The summed E-state index contributed by atoms with van der Waals surface area (Å²) in [6, 6.07) is 16.3. The van der Waals surface area contributed by atoms with E-state index in [0.717, 1.165) is 48.4 Å². The number of benzene rings is 2. The molecule has 4 nitrogen and oxygen atoms in total. The third-order valence-electron chi connectivity index (χ3n) is 5.01. The summed E-state index contributed by atoms with van der Waals surface area (Å²) < 4.78 is 0. The summed E-state index contributed by atoms with van der Waals surface area (Å²) in [4.78, 5) is 22.9. The van der Waals surface area contributed by atoms with E-state index in [-0.39, 0.29) is 5.91 Å². The van der Waals surface area contributed by atoms with E-state index in [2.05, 4.69) is 30.1 Å². The molecular formula is C21H23N3O. The highest BCUT2D eigenvalue weighted by Crippen LogP contribution is 2.27. The Labute approximate surface area is 147 Å². The third kappa shape index (κ3) is 3.43. The summed E-state index contributed by atoms with van der Waals surface area (Å²) in [6.45, 7) is 3.67. The van der Waals surface area contributed by atoms with Crippen LogP contribution < -0.4 is 0 Å². The Kier molecular flexibility index (Phi) is 4.26. The van der Waals surface area contributed by atoms with Gasteiger partial charge in [-0.05, 0) is 37.5 Å². The highest BCUT2D eigenvalue weighted by Gasteiger charge is 2.26. The summed E-state index contributed by atoms with van der Waals surface area (Å²) >= 11 is 0. The number of fused-ring (bicyclic) bond motifs is 1. The second kappa shape index (κ2) is 6.71. The molecule has 1 saturated heterocycles. The van der Waals surface area contributed by atoms with E-state index in [4.69, 9.17) is 4.98 Å². The van der Waals surface area contributed by atoms with Crippen LogP contribution in [0.5, 0.6) is 0 Å². The van der Waals surface area contributed by atoms with E-state index in [9.17, 15) is 4.79 Å². The average molecular weight is 333 g/mol. The van der Waals surface area contributed by atoms with Crippen LogP contribution in [0.3, 0.4) is 0 Å². The predicted octanol–water partition coefficient (Wildman–Crippen LogP) is 3.82. The van der Waals surface area contributed by atoms with Crippen molar-refractivity contribution in [1.82, 2.24) is 14.9 Å². The van der Waals surface area contributed by atoms with Crippen LogP contribution >= 0.6 is 0 Å². The molecule has 25 heavy (non-hydrogen) atoms. The van der Waals surface area contributed by atoms with Crippen LogP contribution in [0.4, 0.5) is 0 Å². The number of aryl methyl sites for hydroxylation is 1. The minimum Gasteiger partial charge on any atom is -0.342 e. The molecular weight excluding hydrogens is 310 g/mol. The molecule has 0 unspecified atom stereocenters. The summed E-state index contributed by atoms with van der Waals surface area (Å²) in [6.07, 6.45) is 2.59. The number of para-hydroxylation sites is 2. The number of aromatic nitrogens is 2. The van der Waals surface area contributed by atoms with Gasteiger partial charge in [0.1, 0.15) is 5.82 Å². The van der Waals surface area contributed by atoms with Crippen molar-refractivity contribution < 1.29 is 4.79 Å². The van der Waals surface area contributed by atoms with Crippen LogP contribution in [-0.4, -0.2) is 33.9 Å². The topological polar surface area (TPSA) is 49.0 Å². The first kappa shape index (κ1) is 15.9. The van der Waals surface area contributed by atoms with Gasteiger partial charge in [0.15, 0.2) is 0 Å².